The molecule has 0 aliphatic heterocycles. The van der Waals surface area contributed by atoms with Gasteiger partial charge in [-0.3, -0.25) is 4.98 Å². The first kappa shape index (κ1) is 15.2. The Morgan fingerprint density at radius 3 is 2.62 bits per heavy atom. The van der Waals surface area contributed by atoms with Gasteiger partial charge in [-0.2, -0.15) is 4.98 Å². The van der Waals surface area contributed by atoms with Gasteiger partial charge in [0, 0.05) is 31.4 Å². The average Bonchev–Trinajstić information content (AvgIpc) is 2.46. The summed E-state index contributed by atoms with van der Waals surface area (Å²) in [7, 11) is 0. The van der Waals surface area contributed by atoms with E-state index in [0.29, 0.717) is 24.9 Å². The van der Waals surface area contributed by atoms with Gasteiger partial charge in [-0.1, -0.05) is 13.8 Å². The SMILES string of the molecule is CCOc1cc(NCc2ccncc2)nc(CC(C)C)n1. The molecule has 2 rings (SSSR count). The van der Waals surface area contributed by atoms with Crippen LogP contribution in [-0.2, 0) is 13.0 Å². The maximum atomic E-state index is 5.52. The number of aromatic nitrogens is 3. The van der Waals surface area contributed by atoms with E-state index in [0.717, 1.165) is 23.6 Å². The van der Waals surface area contributed by atoms with E-state index >= 15 is 0 Å². The Labute approximate surface area is 125 Å². The number of hydrogen-bond donors (Lipinski definition) is 1. The maximum absolute atomic E-state index is 5.52. The Morgan fingerprint density at radius 1 is 1.19 bits per heavy atom. The van der Waals surface area contributed by atoms with Crippen molar-refractivity contribution < 1.29 is 4.74 Å². The molecule has 0 aromatic carbocycles. The highest BCUT2D eigenvalue weighted by atomic mass is 16.5. The maximum Gasteiger partial charge on any atom is 0.218 e. The topological polar surface area (TPSA) is 59.9 Å². The van der Waals surface area contributed by atoms with Crippen LogP contribution in [0, 0.1) is 5.92 Å². The third-order valence-electron chi connectivity index (χ3n) is 2.85. The van der Waals surface area contributed by atoms with Gasteiger partial charge in [-0.15, -0.1) is 0 Å². The molecule has 0 spiro atoms. The second-order valence-corrected chi connectivity index (χ2v) is 5.25. The molecule has 0 saturated heterocycles. The van der Waals surface area contributed by atoms with Crippen LogP contribution in [0.5, 0.6) is 5.88 Å². The summed E-state index contributed by atoms with van der Waals surface area (Å²) in [5.74, 6) is 2.74. The first-order valence-corrected chi connectivity index (χ1v) is 7.31. The number of pyridine rings is 1. The van der Waals surface area contributed by atoms with Crippen molar-refractivity contribution in [3.63, 3.8) is 0 Å². The Bertz CT molecular complexity index is 557. The van der Waals surface area contributed by atoms with Crippen molar-refractivity contribution in [3.05, 3.63) is 42.0 Å². The van der Waals surface area contributed by atoms with Gasteiger partial charge in [0.25, 0.3) is 0 Å². The van der Waals surface area contributed by atoms with Crippen LogP contribution in [-0.4, -0.2) is 21.6 Å². The Morgan fingerprint density at radius 2 is 1.95 bits per heavy atom. The zero-order chi connectivity index (χ0) is 15.1. The summed E-state index contributed by atoms with van der Waals surface area (Å²) in [6.45, 7) is 7.56. The summed E-state index contributed by atoms with van der Waals surface area (Å²) in [6.07, 6.45) is 4.41. The Hall–Kier alpha value is -2.17. The van der Waals surface area contributed by atoms with Gasteiger partial charge in [0.1, 0.15) is 11.6 Å². The average molecular weight is 286 g/mol. The number of anilines is 1. The number of nitrogens with one attached hydrogen (secondary N) is 1. The lowest BCUT2D eigenvalue weighted by molar-refractivity contribution is 0.324. The molecule has 0 fully saturated rings. The third-order valence-corrected chi connectivity index (χ3v) is 2.85. The zero-order valence-corrected chi connectivity index (χ0v) is 12.8. The molecule has 0 radical (unpaired) electrons. The molecular weight excluding hydrogens is 264 g/mol. The molecule has 0 unspecified atom stereocenters. The van der Waals surface area contributed by atoms with Crippen molar-refractivity contribution in [3.8, 4) is 5.88 Å². The molecule has 1 N–H and O–H groups in total. The van der Waals surface area contributed by atoms with E-state index in [2.05, 4.69) is 34.1 Å². The Balaban J connectivity index is 2.11. The van der Waals surface area contributed by atoms with E-state index in [-0.39, 0.29) is 0 Å². The predicted octanol–water partition coefficient (Wildman–Crippen LogP) is 3.08. The van der Waals surface area contributed by atoms with Crippen molar-refractivity contribution in [2.45, 2.75) is 33.7 Å². The summed E-state index contributed by atoms with van der Waals surface area (Å²) in [5.41, 5.74) is 1.16. The molecule has 0 aliphatic rings. The summed E-state index contributed by atoms with van der Waals surface area (Å²) in [6, 6.07) is 5.80. The summed E-state index contributed by atoms with van der Waals surface area (Å²) >= 11 is 0. The van der Waals surface area contributed by atoms with Crippen molar-refractivity contribution >= 4 is 5.82 Å². The second kappa shape index (κ2) is 7.57. The van der Waals surface area contributed by atoms with Gasteiger partial charge in [-0.05, 0) is 30.5 Å². The van der Waals surface area contributed by atoms with E-state index in [1.807, 2.05) is 25.1 Å². The van der Waals surface area contributed by atoms with Crippen molar-refractivity contribution in [2.75, 3.05) is 11.9 Å². The normalized spacial score (nSPS) is 10.7. The van der Waals surface area contributed by atoms with E-state index in [9.17, 15) is 0 Å². The van der Waals surface area contributed by atoms with Gasteiger partial charge < -0.3 is 10.1 Å². The van der Waals surface area contributed by atoms with Crippen LogP contribution >= 0.6 is 0 Å². The molecule has 21 heavy (non-hydrogen) atoms. The highest BCUT2D eigenvalue weighted by Crippen LogP contribution is 2.16. The van der Waals surface area contributed by atoms with Crippen LogP contribution in [0.2, 0.25) is 0 Å². The first-order chi connectivity index (χ1) is 10.2. The zero-order valence-electron chi connectivity index (χ0n) is 12.8. The van der Waals surface area contributed by atoms with E-state index in [1.54, 1.807) is 12.4 Å². The molecular formula is C16H22N4O. The van der Waals surface area contributed by atoms with Crippen molar-refractivity contribution in [1.82, 2.24) is 15.0 Å². The van der Waals surface area contributed by atoms with E-state index in [4.69, 9.17) is 4.74 Å². The predicted molar refractivity (Wildman–Crippen MR) is 83.3 cm³/mol. The number of rotatable bonds is 7. The van der Waals surface area contributed by atoms with Gasteiger partial charge in [-0.25, -0.2) is 4.98 Å². The quantitative estimate of drug-likeness (QED) is 0.847. The molecule has 0 bridgehead atoms. The lowest BCUT2D eigenvalue weighted by Gasteiger charge is -2.11. The number of ether oxygens (including phenoxy) is 1. The molecule has 2 aromatic heterocycles. The standard InChI is InChI=1S/C16H22N4O/c1-4-21-16-10-14(19-15(20-16)9-12(2)3)18-11-13-5-7-17-8-6-13/h5-8,10,12H,4,9,11H2,1-3H3,(H,18,19,20). The molecule has 2 aromatic rings. The van der Waals surface area contributed by atoms with Crippen molar-refractivity contribution in [1.29, 1.82) is 0 Å². The summed E-state index contributed by atoms with van der Waals surface area (Å²) in [4.78, 5) is 13.0. The largest absolute Gasteiger partial charge is 0.478 e. The number of hydrogen-bond acceptors (Lipinski definition) is 5. The minimum absolute atomic E-state index is 0.509. The molecule has 0 atom stereocenters. The molecule has 0 amide bonds. The smallest absolute Gasteiger partial charge is 0.218 e. The van der Waals surface area contributed by atoms with Crippen LogP contribution in [0.3, 0.4) is 0 Å². The Kier molecular flexibility index (Phi) is 5.49. The fraction of sp³-hybridized carbons (Fsp3) is 0.438. The van der Waals surface area contributed by atoms with E-state index in [1.165, 1.54) is 0 Å². The van der Waals surface area contributed by atoms with E-state index < -0.39 is 0 Å². The monoisotopic (exact) mass is 286 g/mol. The fourth-order valence-corrected chi connectivity index (χ4v) is 1.93. The molecule has 5 nitrogen and oxygen atoms in total. The lowest BCUT2D eigenvalue weighted by Crippen LogP contribution is -2.08. The lowest BCUT2D eigenvalue weighted by atomic mass is 10.1. The molecule has 5 heteroatoms. The second-order valence-electron chi connectivity index (χ2n) is 5.25. The highest BCUT2D eigenvalue weighted by Gasteiger charge is 2.07. The third kappa shape index (κ3) is 5.02. The van der Waals surface area contributed by atoms with Gasteiger partial charge in [0.05, 0.1) is 6.61 Å². The molecule has 112 valence electrons. The minimum atomic E-state index is 0.509. The van der Waals surface area contributed by atoms with Gasteiger partial charge in [0.15, 0.2) is 0 Å². The summed E-state index contributed by atoms with van der Waals surface area (Å²) < 4.78 is 5.52. The molecule has 2 heterocycles. The summed E-state index contributed by atoms with van der Waals surface area (Å²) in [5, 5.41) is 3.31. The molecule has 0 aliphatic carbocycles. The van der Waals surface area contributed by atoms with Crippen LogP contribution in [0.25, 0.3) is 0 Å². The highest BCUT2D eigenvalue weighted by molar-refractivity contribution is 5.39. The van der Waals surface area contributed by atoms with Crippen LogP contribution in [0.1, 0.15) is 32.2 Å². The minimum Gasteiger partial charge on any atom is -0.478 e. The van der Waals surface area contributed by atoms with Crippen LogP contribution in [0.4, 0.5) is 5.82 Å². The van der Waals surface area contributed by atoms with Crippen LogP contribution in [0.15, 0.2) is 30.6 Å². The number of nitrogens with zero attached hydrogens (tertiary/aromatic N) is 3. The fourth-order valence-electron chi connectivity index (χ4n) is 1.93. The first-order valence-electron chi connectivity index (χ1n) is 7.31. The van der Waals surface area contributed by atoms with Crippen LogP contribution < -0.4 is 10.1 Å². The van der Waals surface area contributed by atoms with Gasteiger partial charge >= 0.3 is 0 Å². The van der Waals surface area contributed by atoms with Crippen molar-refractivity contribution in [2.24, 2.45) is 5.92 Å². The van der Waals surface area contributed by atoms with Gasteiger partial charge in [0.2, 0.25) is 5.88 Å². The molecule has 0 saturated carbocycles.